The maximum Gasteiger partial charge on any atom is 0.291 e. The van der Waals surface area contributed by atoms with Gasteiger partial charge < -0.3 is 15.1 Å². The highest BCUT2D eigenvalue weighted by Gasteiger charge is 2.16. The highest BCUT2D eigenvalue weighted by molar-refractivity contribution is 6.43. The number of rotatable bonds is 5. The molecule has 2 amide bonds. The summed E-state index contributed by atoms with van der Waals surface area (Å²) in [6, 6.07) is 15.3. The molecule has 5 nitrogen and oxygen atoms in total. The van der Waals surface area contributed by atoms with Gasteiger partial charge in [0.25, 0.3) is 5.91 Å². The van der Waals surface area contributed by atoms with E-state index in [0.29, 0.717) is 32.7 Å². The SMILES string of the molecule is CC(C)C(=O)Nc1cccc(NC(=O)c2ccc(-c3cccc(Cl)c3Cl)o2)c1. The van der Waals surface area contributed by atoms with Gasteiger partial charge in [0.1, 0.15) is 5.76 Å². The molecule has 0 radical (unpaired) electrons. The molecule has 3 aromatic rings. The van der Waals surface area contributed by atoms with Crippen LogP contribution < -0.4 is 10.6 Å². The fourth-order valence-corrected chi connectivity index (χ4v) is 2.85. The van der Waals surface area contributed by atoms with Crippen LogP contribution in [0.2, 0.25) is 10.0 Å². The number of furan rings is 1. The molecule has 1 aromatic heterocycles. The normalized spacial score (nSPS) is 10.8. The van der Waals surface area contributed by atoms with Gasteiger partial charge in [-0.3, -0.25) is 9.59 Å². The summed E-state index contributed by atoms with van der Waals surface area (Å²) in [5, 5.41) is 6.30. The van der Waals surface area contributed by atoms with Crippen molar-refractivity contribution < 1.29 is 14.0 Å². The number of hydrogen-bond donors (Lipinski definition) is 2. The molecule has 7 heteroatoms. The largest absolute Gasteiger partial charge is 0.451 e. The Kier molecular flexibility index (Phi) is 6.07. The summed E-state index contributed by atoms with van der Waals surface area (Å²) in [7, 11) is 0. The lowest BCUT2D eigenvalue weighted by Crippen LogP contribution is -2.18. The summed E-state index contributed by atoms with van der Waals surface area (Å²) in [4.78, 5) is 24.3. The van der Waals surface area contributed by atoms with Crippen molar-refractivity contribution in [1.82, 2.24) is 0 Å². The number of halogens is 2. The molecule has 0 atom stereocenters. The molecule has 1 heterocycles. The molecular weight excluding hydrogens is 399 g/mol. The van der Waals surface area contributed by atoms with Crippen LogP contribution >= 0.6 is 23.2 Å². The molecule has 3 rings (SSSR count). The van der Waals surface area contributed by atoms with E-state index in [2.05, 4.69) is 10.6 Å². The van der Waals surface area contributed by atoms with E-state index in [0.717, 1.165) is 0 Å². The Morgan fingerprint density at radius 1 is 0.929 bits per heavy atom. The molecule has 0 aliphatic rings. The lowest BCUT2D eigenvalue weighted by molar-refractivity contribution is -0.118. The second-order valence-corrected chi connectivity index (χ2v) is 7.23. The summed E-state index contributed by atoms with van der Waals surface area (Å²) in [5.41, 5.74) is 1.74. The van der Waals surface area contributed by atoms with Gasteiger partial charge in [0.15, 0.2) is 5.76 Å². The van der Waals surface area contributed by atoms with Crippen molar-refractivity contribution in [2.24, 2.45) is 5.92 Å². The molecule has 0 saturated heterocycles. The maximum atomic E-state index is 12.5. The van der Waals surface area contributed by atoms with Crippen LogP contribution in [0.5, 0.6) is 0 Å². The summed E-state index contributed by atoms with van der Waals surface area (Å²) in [6.07, 6.45) is 0. The molecule has 0 aliphatic heterocycles. The Morgan fingerprint density at radius 3 is 2.32 bits per heavy atom. The first-order valence-electron chi connectivity index (χ1n) is 8.61. The molecular formula is C21H18Cl2N2O3. The van der Waals surface area contributed by atoms with Crippen LogP contribution in [-0.4, -0.2) is 11.8 Å². The van der Waals surface area contributed by atoms with Crippen LogP contribution in [0.1, 0.15) is 24.4 Å². The average Bonchev–Trinajstić information content (AvgIpc) is 3.14. The van der Waals surface area contributed by atoms with E-state index in [1.807, 2.05) is 13.8 Å². The van der Waals surface area contributed by atoms with Gasteiger partial charge in [0.2, 0.25) is 5.91 Å². The third-order valence-corrected chi connectivity index (χ3v) is 4.78. The Morgan fingerprint density at radius 2 is 1.61 bits per heavy atom. The van der Waals surface area contributed by atoms with Gasteiger partial charge in [-0.05, 0) is 42.5 Å². The second-order valence-electron chi connectivity index (χ2n) is 6.44. The van der Waals surface area contributed by atoms with E-state index in [1.54, 1.807) is 54.6 Å². The number of benzene rings is 2. The Labute approximate surface area is 172 Å². The van der Waals surface area contributed by atoms with Crippen molar-refractivity contribution >= 4 is 46.4 Å². The highest BCUT2D eigenvalue weighted by atomic mass is 35.5. The van der Waals surface area contributed by atoms with E-state index in [1.165, 1.54) is 0 Å². The van der Waals surface area contributed by atoms with Gasteiger partial charge in [0, 0.05) is 22.9 Å². The van der Waals surface area contributed by atoms with Crippen molar-refractivity contribution in [3.05, 3.63) is 70.4 Å². The third-order valence-electron chi connectivity index (χ3n) is 3.96. The Hall–Kier alpha value is -2.76. The smallest absolute Gasteiger partial charge is 0.291 e. The number of carbonyl (C=O) groups excluding carboxylic acids is 2. The van der Waals surface area contributed by atoms with Crippen molar-refractivity contribution in [2.75, 3.05) is 10.6 Å². The van der Waals surface area contributed by atoms with Gasteiger partial charge >= 0.3 is 0 Å². The van der Waals surface area contributed by atoms with Gasteiger partial charge in [-0.15, -0.1) is 0 Å². The van der Waals surface area contributed by atoms with Gasteiger partial charge in [-0.2, -0.15) is 0 Å². The number of hydrogen-bond acceptors (Lipinski definition) is 3. The summed E-state index contributed by atoms with van der Waals surface area (Å²) < 4.78 is 5.64. The molecule has 0 spiro atoms. The Bertz CT molecular complexity index is 1030. The molecule has 0 aliphatic carbocycles. The molecule has 0 fully saturated rings. The maximum absolute atomic E-state index is 12.5. The summed E-state index contributed by atoms with van der Waals surface area (Å²) >= 11 is 12.2. The number of anilines is 2. The molecule has 0 saturated carbocycles. The average molecular weight is 417 g/mol. The standard InChI is InChI=1S/C21H18Cl2N2O3/c1-12(2)20(26)24-13-5-3-6-14(11-13)25-21(27)18-10-9-17(28-18)15-7-4-8-16(22)19(15)23/h3-12H,1-2H3,(H,24,26)(H,25,27). The fraction of sp³-hybridized carbons (Fsp3) is 0.143. The van der Waals surface area contributed by atoms with Gasteiger partial charge in [-0.1, -0.05) is 49.2 Å². The molecule has 2 N–H and O–H groups in total. The second kappa shape index (κ2) is 8.50. The van der Waals surface area contributed by atoms with Crippen LogP contribution in [0.15, 0.2) is 59.0 Å². The van der Waals surface area contributed by atoms with Crippen LogP contribution in [0.4, 0.5) is 11.4 Å². The van der Waals surface area contributed by atoms with Gasteiger partial charge in [0.05, 0.1) is 10.0 Å². The van der Waals surface area contributed by atoms with E-state index in [-0.39, 0.29) is 17.6 Å². The third kappa shape index (κ3) is 4.55. The zero-order chi connectivity index (χ0) is 20.3. The molecule has 144 valence electrons. The monoisotopic (exact) mass is 416 g/mol. The summed E-state index contributed by atoms with van der Waals surface area (Å²) in [5.74, 6) is -0.0920. The van der Waals surface area contributed by atoms with Crippen molar-refractivity contribution in [2.45, 2.75) is 13.8 Å². The number of nitrogens with one attached hydrogen (secondary N) is 2. The lowest BCUT2D eigenvalue weighted by Gasteiger charge is -2.09. The van der Waals surface area contributed by atoms with Crippen LogP contribution in [0.25, 0.3) is 11.3 Å². The zero-order valence-electron chi connectivity index (χ0n) is 15.3. The van der Waals surface area contributed by atoms with Crippen molar-refractivity contribution in [1.29, 1.82) is 0 Å². The lowest BCUT2D eigenvalue weighted by atomic mass is 10.2. The minimum Gasteiger partial charge on any atom is -0.451 e. The van der Waals surface area contributed by atoms with E-state index < -0.39 is 5.91 Å². The number of amides is 2. The van der Waals surface area contributed by atoms with Crippen LogP contribution in [0.3, 0.4) is 0 Å². The minimum absolute atomic E-state index is 0.0995. The predicted octanol–water partition coefficient (Wildman–Crippen LogP) is 6.10. The van der Waals surface area contributed by atoms with Crippen LogP contribution in [-0.2, 0) is 4.79 Å². The molecule has 2 aromatic carbocycles. The summed E-state index contributed by atoms with van der Waals surface area (Å²) in [6.45, 7) is 3.61. The Balaban J connectivity index is 1.75. The quantitative estimate of drug-likeness (QED) is 0.527. The molecule has 0 unspecified atom stereocenters. The van der Waals surface area contributed by atoms with Gasteiger partial charge in [-0.25, -0.2) is 0 Å². The van der Waals surface area contributed by atoms with E-state index in [9.17, 15) is 9.59 Å². The topological polar surface area (TPSA) is 71.3 Å². The minimum atomic E-state index is -0.420. The first kappa shape index (κ1) is 20.0. The number of carbonyl (C=O) groups is 2. The zero-order valence-corrected chi connectivity index (χ0v) is 16.8. The first-order valence-corrected chi connectivity index (χ1v) is 9.37. The molecule has 28 heavy (non-hydrogen) atoms. The van der Waals surface area contributed by atoms with Crippen molar-refractivity contribution in [3.8, 4) is 11.3 Å². The first-order chi connectivity index (χ1) is 13.3. The van der Waals surface area contributed by atoms with E-state index in [4.69, 9.17) is 27.6 Å². The molecule has 0 bridgehead atoms. The fourth-order valence-electron chi connectivity index (χ4n) is 2.45. The predicted molar refractivity (Wildman–Crippen MR) is 112 cm³/mol. The highest BCUT2D eigenvalue weighted by Crippen LogP contribution is 2.34. The van der Waals surface area contributed by atoms with Crippen molar-refractivity contribution in [3.63, 3.8) is 0 Å². The van der Waals surface area contributed by atoms with Crippen LogP contribution in [0, 0.1) is 5.92 Å². The van der Waals surface area contributed by atoms with E-state index >= 15 is 0 Å².